The van der Waals surface area contributed by atoms with Gasteiger partial charge in [-0.05, 0) is 29.5 Å². The summed E-state index contributed by atoms with van der Waals surface area (Å²) in [5.41, 5.74) is 1.62. The Kier molecular flexibility index (Phi) is 3.67. The normalized spacial score (nSPS) is 24.2. The van der Waals surface area contributed by atoms with Crippen molar-refractivity contribution in [2.24, 2.45) is 0 Å². The van der Waals surface area contributed by atoms with E-state index in [1.165, 1.54) is 5.56 Å². The van der Waals surface area contributed by atoms with Crippen molar-refractivity contribution in [2.45, 2.75) is 56.9 Å². The minimum atomic E-state index is 0.246. The van der Waals surface area contributed by atoms with Crippen LogP contribution in [0.3, 0.4) is 0 Å². The number of alkyl halides is 1. The van der Waals surface area contributed by atoms with E-state index in [2.05, 4.69) is 45.0 Å². The van der Waals surface area contributed by atoms with Crippen LogP contribution >= 0.6 is 11.6 Å². The minimum absolute atomic E-state index is 0.246. The third-order valence-corrected chi connectivity index (χ3v) is 4.22. The lowest BCUT2D eigenvalue weighted by molar-refractivity contribution is 0.124. The summed E-state index contributed by atoms with van der Waals surface area (Å²) in [7, 11) is 0. The van der Waals surface area contributed by atoms with Gasteiger partial charge in [-0.1, -0.05) is 32.9 Å². The van der Waals surface area contributed by atoms with Crippen LogP contribution < -0.4 is 4.74 Å². The third-order valence-electron chi connectivity index (χ3n) is 3.86. The van der Waals surface area contributed by atoms with Gasteiger partial charge in [-0.25, -0.2) is 0 Å². The van der Waals surface area contributed by atoms with Crippen LogP contribution in [0.2, 0.25) is 0 Å². The molecule has 1 aliphatic carbocycles. The number of halogens is 1. The Balaban J connectivity index is 1.98. The van der Waals surface area contributed by atoms with Gasteiger partial charge in [0.1, 0.15) is 11.9 Å². The van der Waals surface area contributed by atoms with Crippen LogP contribution in [0.4, 0.5) is 0 Å². The van der Waals surface area contributed by atoms with Crippen molar-refractivity contribution in [1.29, 1.82) is 0 Å². The van der Waals surface area contributed by atoms with Crippen molar-refractivity contribution < 1.29 is 4.74 Å². The van der Waals surface area contributed by atoms with E-state index in [0.29, 0.717) is 11.5 Å². The first-order valence-electron chi connectivity index (χ1n) is 6.42. The molecular weight excluding hydrogens is 232 g/mol. The van der Waals surface area contributed by atoms with Gasteiger partial charge in [-0.15, -0.1) is 11.6 Å². The Morgan fingerprint density at radius 1 is 1.24 bits per heavy atom. The monoisotopic (exact) mass is 252 g/mol. The first-order chi connectivity index (χ1) is 8.01. The predicted octanol–water partition coefficient (Wildman–Crippen LogP) is 4.52. The molecule has 1 aromatic carbocycles. The van der Waals surface area contributed by atoms with Crippen LogP contribution in [0.25, 0.3) is 0 Å². The number of ether oxygens (including phenoxy) is 1. The molecule has 1 nitrogen and oxygen atoms in total. The molecule has 1 aromatic rings. The Labute approximate surface area is 109 Å². The van der Waals surface area contributed by atoms with Crippen molar-refractivity contribution in [3.05, 3.63) is 29.8 Å². The van der Waals surface area contributed by atoms with E-state index >= 15 is 0 Å². The van der Waals surface area contributed by atoms with Crippen LogP contribution in [0.5, 0.6) is 5.75 Å². The largest absolute Gasteiger partial charge is 0.490 e. The average Bonchev–Trinajstić information content (AvgIpc) is 2.28. The smallest absolute Gasteiger partial charge is 0.119 e. The second kappa shape index (κ2) is 4.89. The molecule has 2 rings (SSSR count). The zero-order valence-corrected chi connectivity index (χ0v) is 11.6. The summed E-state index contributed by atoms with van der Waals surface area (Å²) in [6.07, 6.45) is 3.42. The fourth-order valence-electron chi connectivity index (χ4n) is 1.98. The highest BCUT2D eigenvalue weighted by molar-refractivity contribution is 6.21. The van der Waals surface area contributed by atoms with Crippen LogP contribution in [-0.2, 0) is 5.41 Å². The molecule has 1 saturated carbocycles. The maximum Gasteiger partial charge on any atom is 0.119 e. The highest BCUT2D eigenvalue weighted by Crippen LogP contribution is 2.32. The lowest BCUT2D eigenvalue weighted by Crippen LogP contribution is -2.34. The summed E-state index contributed by atoms with van der Waals surface area (Å²) in [6.45, 7) is 6.76. The molecule has 1 aliphatic rings. The van der Waals surface area contributed by atoms with Crippen molar-refractivity contribution >= 4 is 11.6 Å². The standard InChI is InChI=1S/C15H21ClO/c1-4-15(2,3)11-5-7-13(8-6-11)17-14-9-12(16)10-14/h5-8,12,14H,4,9-10H2,1-3H3. The van der Waals surface area contributed by atoms with Crippen molar-refractivity contribution in [2.75, 3.05) is 0 Å². The number of rotatable bonds is 4. The first kappa shape index (κ1) is 12.8. The average molecular weight is 253 g/mol. The van der Waals surface area contributed by atoms with Crippen LogP contribution in [0, 0.1) is 0 Å². The van der Waals surface area contributed by atoms with Gasteiger partial charge in [0, 0.05) is 18.2 Å². The van der Waals surface area contributed by atoms with E-state index in [1.807, 2.05) is 0 Å². The SMILES string of the molecule is CCC(C)(C)c1ccc(OC2CC(Cl)C2)cc1. The Bertz CT molecular complexity index is 363. The lowest BCUT2D eigenvalue weighted by atomic mass is 9.82. The van der Waals surface area contributed by atoms with E-state index in [0.717, 1.165) is 25.0 Å². The van der Waals surface area contributed by atoms with Gasteiger partial charge in [0.2, 0.25) is 0 Å². The maximum atomic E-state index is 5.93. The summed E-state index contributed by atoms with van der Waals surface area (Å²) in [5.74, 6) is 0.967. The van der Waals surface area contributed by atoms with Crippen molar-refractivity contribution in [3.63, 3.8) is 0 Å². The highest BCUT2D eigenvalue weighted by atomic mass is 35.5. The van der Waals surface area contributed by atoms with Gasteiger partial charge in [0.05, 0.1) is 0 Å². The summed E-state index contributed by atoms with van der Waals surface area (Å²) in [5, 5.41) is 0.318. The topological polar surface area (TPSA) is 9.23 Å². The van der Waals surface area contributed by atoms with Gasteiger partial charge < -0.3 is 4.74 Å². The summed E-state index contributed by atoms with van der Waals surface area (Å²) >= 11 is 5.93. The van der Waals surface area contributed by atoms with Gasteiger partial charge in [0.15, 0.2) is 0 Å². The molecule has 0 aliphatic heterocycles. The number of hydrogen-bond acceptors (Lipinski definition) is 1. The van der Waals surface area contributed by atoms with E-state index < -0.39 is 0 Å². The zero-order chi connectivity index (χ0) is 12.5. The van der Waals surface area contributed by atoms with Crippen LogP contribution in [0.15, 0.2) is 24.3 Å². The van der Waals surface area contributed by atoms with Gasteiger partial charge in [-0.2, -0.15) is 0 Å². The lowest BCUT2D eigenvalue weighted by Gasteiger charge is -2.31. The van der Waals surface area contributed by atoms with E-state index in [-0.39, 0.29) is 5.41 Å². The molecule has 2 heteroatoms. The molecule has 0 heterocycles. The summed E-state index contributed by atoms with van der Waals surface area (Å²) < 4.78 is 5.84. The van der Waals surface area contributed by atoms with Crippen molar-refractivity contribution in [1.82, 2.24) is 0 Å². The quantitative estimate of drug-likeness (QED) is 0.716. The second-order valence-corrected chi connectivity index (χ2v) is 6.19. The minimum Gasteiger partial charge on any atom is -0.490 e. The Morgan fingerprint density at radius 2 is 1.82 bits per heavy atom. The molecule has 0 spiro atoms. The van der Waals surface area contributed by atoms with Crippen LogP contribution in [0.1, 0.15) is 45.6 Å². The number of benzene rings is 1. The zero-order valence-electron chi connectivity index (χ0n) is 10.9. The fraction of sp³-hybridized carbons (Fsp3) is 0.600. The molecule has 0 saturated heterocycles. The van der Waals surface area contributed by atoms with Crippen LogP contribution in [-0.4, -0.2) is 11.5 Å². The fourth-order valence-corrected chi connectivity index (χ4v) is 2.38. The van der Waals surface area contributed by atoms with Gasteiger partial charge in [0.25, 0.3) is 0 Å². The number of hydrogen-bond donors (Lipinski definition) is 0. The van der Waals surface area contributed by atoms with E-state index in [4.69, 9.17) is 16.3 Å². The molecular formula is C15H21ClO. The highest BCUT2D eigenvalue weighted by Gasteiger charge is 2.29. The predicted molar refractivity (Wildman–Crippen MR) is 73.1 cm³/mol. The molecule has 1 fully saturated rings. The second-order valence-electron chi connectivity index (χ2n) is 5.57. The molecule has 0 aromatic heterocycles. The molecule has 0 N–H and O–H groups in total. The molecule has 17 heavy (non-hydrogen) atoms. The first-order valence-corrected chi connectivity index (χ1v) is 6.86. The summed E-state index contributed by atoms with van der Waals surface area (Å²) in [4.78, 5) is 0. The Hall–Kier alpha value is -0.690. The maximum absolute atomic E-state index is 5.93. The molecule has 0 amide bonds. The molecule has 0 unspecified atom stereocenters. The van der Waals surface area contributed by atoms with Gasteiger partial charge in [-0.3, -0.25) is 0 Å². The van der Waals surface area contributed by atoms with Crippen molar-refractivity contribution in [3.8, 4) is 5.75 Å². The molecule has 0 atom stereocenters. The van der Waals surface area contributed by atoms with E-state index in [1.54, 1.807) is 0 Å². The third kappa shape index (κ3) is 2.95. The Morgan fingerprint density at radius 3 is 2.29 bits per heavy atom. The summed E-state index contributed by atoms with van der Waals surface area (Å²) in [6, 6.07) is 8.51. The molecule has 94 valence electrons. The van der Waals surface area contributed by atoms with Gasteiger partial charge >= 0.3 is 0 Å². The molecule has 0 radical (unpaired) electrons. The van der Waals surface area contributed by atoms with E-state index in [9.17, 15) is 0 Å². The molecule has 0 bridgehead atoms.